The van der Waals surface area contributed by atoms with Gasteiger partial charge < -0.3 is 5.32 Å². The molecule has 24 heavy (non-hydrogen) atoms. The quantitative estimate of drug-likeness (QED) is 0.829. The zero-order chi connectivity index (χ0) is 17.3. The van der Waals surface area contributed by atoms with Gasteiger partial charge in [-0.2, -0.15) is 10.1 Å². The molecule has 8 heteroatoms. The Morgan fingerprint density at radius 3 is 2.67 bits per heavy atom. The van der Waals surface area contributed by atoms with Gasteiger partial charge in [0, 0.05) is 17.7 Å². The van der Waals surface area contributed by atoms with E-state index < -0.39 is 6.04 Å². The van der Waals surface area contributed by atoms with Crippen molar-refractivity contribution in [3.05, 3.63) is 35.7 Å². The summed E-state index contributed by atoms with van der Waals surface area (Å²) in [5, 5.41) is 9.63. The Labute approximate surface area is 138 Å². The van der Waals surface area contributed by atoms with E-state index in [0.29, 0.717) is 23.5 Å². The van der Waals surface area contributed by atoms with Crippen LogP contribution in [0.15, 0.2) is 24.3 Å². The van der Waals surface area contributed by atoms with Crippen molar-refractivity contribution >= 4 is 29.2 Å². The van der Waals surface area contributed by atoms with Crippen molar-refractivity contribution < 1.29 is 14.4 Å². The Morgan fingerprint density at radius 2 is 2.04 bits per heavy atom. The van der Waals surface area contributed by atoms with Crippen LogP contribution in [0.5, 0.6) is 0 Å². The zero-order valence-corrected chi connectivity index (χ0v) is 13.4. The maximum Gasteiger partial charge on any atom is 0.249 e. The number of hydrogen-bond acceptors (Lipinski definition) is 5. The molecule has 0 saturated carbocycles. The third kappa shape index (κ3) is 3.03. The Bertz CT molecular complexity index is 810. The molecule has 2 amide bonds. The molecular weight excluding hydrogens is 310 g/mol. The maximum absolute atomic E-state index is 12.5. The molecule has 2 heterocycles. The fourth-order valence-corrected chi connectivity index (χ4v) is 2.48. The highest BCUT2D eigenvalue weighted by atomic mass is 16.2. The molecule has 0 spiro atoms. The van der Waals surface area contributed by atoms with Crippen molar-refractivity contribution in [2.24, 2.45) is 0 Å². The van der Waals surface area contributed by atoms with Crippen LogP contribution in [0.2, 0.25) is 0 Å². The van der Waals surface area contributed by atoms with E-state index in [1.807, 2.05) is 6.92 Å². The van der Waals surface area contributed by atoms with E-state index >= 15 is 0 Å². The number of carbonyl (C=O) groups is 3. The number of carbonyl (C=O) groups excluding carboxylic acids is 3. The largest absolute Gasteiger partial charge is 0.324 e. The van der Waals surface area contributed by atoms with Crippen LogP contribution in [-0.4, -0.2) is 32.4 Å². The van der Waals surface area contributed by atoms with Crippen LogP contribution in [0, 0.1) is 0 Å². The normalized spacial score (nSPS) is 16.2. The number of amides is 2. The predicted molar refractivity (Wildman–Crippen MR) is 86.8 cm³/mol. The summed E-state index contributed by atoms with van der Waals surface area (Å²) in [7, 11) is 0. The topological polar surface area (TPSA) is 106 Å². The highest BCUT2D eigenvalue weighted by Crippen LogP contribution is 2.24. The molecule has 1 atom stereocenters. The number of ketones is 1. The number of fused-ring (bicyclic) bond motifs is 1. The van der Waals surface area contributed by atoms with E-state index in [9.17, 15) is 14.4 Å². The number of hydrogen-bond donors (Lipinski definition) is 2. The van der Waals surface area contributed by atoms with Gasteiger partial charge in [0.1, 0.15) is 6.04 Å². The van der Waals surface area contributed by atoms with Crippen molar-refractivity contribution in [3.8, 4) is 0 Å². The molecule has 0 aliphatic carbocycles. The maximum atomic E-state index is 12.5. The van der Waals surface area contributed by atoms with Crippen molar-refractivity contribution in [2.75, 3.05) is 10.6 Å². The monoisotopic (exact) mass is 327 g/mol. The summed E-state index contributed by atoms with van der Waals surface area (Å²) in [5.74, 6) is 0.182. The first-order chi connectivity index (χ1) is 11.5. The van der Waals surface area contributed by atoms with E-state index in [-0.39, 0.29) is 30.0 Å². The molecule has 0 fully saturated rings. The lowest BCUT2D eigenvalue weighted by Gasteiger charge is -2.22. The van der Waals surface area contributed by atoms with Crippen molar-refractivity contribution in [3.63, 3.8) is 0 Å². The second-order valence-electron chi connectivity index (χ2n) is 5.54. The number of nitrogens with one attached hydrogen (secondary N) is 2. The van der Waals surface area contributed by atoms with Crippen LogP contribution in [0.3, 0.4) is 0 Å². The summed E-state index contributed by atoms with van der Waals surface area (Å²) in [6.45, 7) is 3.38. The van der Waals surface area contributed by atoms with Crippen LogP contribution >= 0.6 is 0 Å². The van der Waals surface area contributed by atoms with E-state index in [1.54, 1.807) is 24.3 Å². The molecule has 0 saturated heterocycles. The summed E-state index contributed by atoms with van der Waals surface area (Å²) < 4.78 is 1.44. The Hall–Kier alpha value is -3.03. The number of nitrogens with zero attached hydrogens (tertiary/aromatic N) is 3. The first-order valence-electron chi connectivity index (χ1n) is 7.65. The fraction of sp³-hybridized carbons (Fsp3) is 0.312. The van der Waals surface area contributed by atoms with Crippen molar-refractivity contribution in [2.45, 2.75) is 32.7 Å². The molecule has 1 aromatic heterocycles. The first-order valence-corrected chi connectivity index (χ1v) is 7.65. The third-order valence-corrected chi connectivity index (χ3v) is 3.78. The third-order valence-electron chi connectivity index (χ3n) is 3.78. The predicted octanol–water partition coefficient (Wildman–Crippen LogP) is 1.57. The van der Waals surface area contributed by atoms with Gasteiger partial charge >= 0.3 is 0 Å². The van der Waals surface area contributed by atoms with E-state index in [1.165, 1.54) is 11.6 Å². The van der Waals surface area contributed by atoms with Gasteiger partial charge in [-0.25, -0.2) is 4.68 Å². The highest BCUT2D eigenvalue weighted by Gasteiger charge is 2.32. The summed E-state index contributed by atoms with van der Waals surface area (Å²) in [5.41, 5.74) is 1.12. The van der Waals surface area contributed by atoms with Gasteiger partial charge in [-0.15, -0.1) is 0 Å². The molecule has 0 bridgehead atoms. The minimum atomic E-state index is -0.756. The number of benzene rings is 1. The van der Waals surface area contributed by atoms with E-state index in [4.69, 9.17) is 0 Å². The number of anilines is 2. The lowest BCUT2D eigenvalue weighted by Crippen LogP contribution is -2.36. The minimum absolute atomic E-state index is 0.00310. The van der Waals surface area contributed by atoms with E-state index in [0.717, 1.165) is 0 Å². The van der Waals surface area contributed by atoms with Gasteiger partial charge in [0.25, 0.3) is 0 Å². The molecule has 1 unspecified atom stereocenters. The van der Waals surface area contributed by atoms with Gasteiger partial charge in [-0.1, -0.05) is 6.92 Å². The van der Waals surface area contributed by atoms with Crippen LogP contribution in [0.1, 0.15) is 42.5 Å². The summed E-state index contributed by atoms with van der Waals surface area (Å²) in [6.07, 6.45) is 0.605. The second-order valence-corrected chi connectivity index (χ2v) is 5.54. The first kappa shape index (κ1) is 15.9. The molecule has 1 aliphatic rings. The zero-order valence-electron chi connectivity index (χ0n) is 13.4. The molecule has 124 valence electrons. The molecule has 8 nitrogen and oxygen atoms in total. The summed E-state index contributed by atoms with van der Waals surface area (Å²) in [6, 6.07) is 5.83. The molecule has 2 N–H and O–H groups in total. The minimum Gasteiger partial charge on any atom is -0.324 e. The number of aryl methyl sites for hydroxylation is 1. The lowest BCUT2D eigenvalue weighted by molar-refractivity contribution is -0.125. The number of aromatic nitrogens is 3. The average molecular weight is 327 g/mol. The van der Waals surface area contributed by atoms with E-state index in [2.05, 4.69) is 20.7 Å². The highest BCUT2D eigenvalue weighted by molar-refractivity contribution is 6.01. The van der Waals surface area contributed by atoms with Crippen molar-refractivity contribution in [1.29, 1.82) is 0 Å². The molecule has 1 aliphatic heterocycles. The number of rotatable bonds is 4. The van der Waals surface area contributed by atoms with Crippen LogP contribution < -0.4 is 10.6 Å². The Kier molecular flexibility index (Phi) is 4.11. The van der Waals surface area contributed by atoms with Gasteiger partial charge in [-0.3, -0.25) is 19.7 Å². The van der Waals surface area contributed by atoms with Crippen molar-refractivity contribution in [1.82, 2.24) is 14.8 Å². The number of Topliss-reactive ketones (excluding diaryl/α,β-unsaturated/α-hetero) is 1. The SMILES string of the molecule is CCc1nc2n(n1)C(C(=O)Nc1ccc(C(C)=O)cc1)CC(=O)N2. The van der Waals surface area contributed by atoms with Gasteiger partial charge in [0.05, 0.1) is 6.42 Å². The molecular formula is C16H17N5O3. The fourth-order valence-electron chi connectivity index (χ4n) is 2.48. The van der Waals surface area contributed by atoms with Gasteiger partial charge in [-0.05, 0) is 31.2 Å². The standard InChI is InChI=1S/C16H17N5O3/c1-3-13-18-16-19-14(23)8-12(21(16)20-13)15(24)17-11-6-4-10(5-7-11)9(2)22/h4-7,12H,3,8H2,1-2H3,(H,17,24)(H,18,19,20,23). The average Bonchev–Trinajstić information content (AvgIpc) is 2.97. The van der Waals surface area contributed by atoms with Gasteiger partial charge in [0.2, 0.25) is 17.8 Å². The van der Waals surface area contributed by atoms with Gasteiger partial charge in [0.15, 0.2) is 11.6 Å². The smallest absolute Gasteiger partial charge is 0.249 e. The summed E-state index contributed by atoms with van der Waals surface area (Å²) >= 11 is 0. The lowest BCUT2D eigenvalue weighted by atomic mass is 10.1. The van der Waals surface area contributed by atoms with Crippen LogP contribution in [-0.2, 0) is 16.0 Å². The second kappa shape index (κ2) is 6.23. The van der Waals surface area contributed by atoms with Crippen LogP contribution in [0.25, 0.3) is 0 Å². The molecule has 3 rings (SSSR count). The molecule has 2 aromatic rings. The molecule has 1 aromatic carbocycles. The Morgan fingerprint density at radius 1 is 1.33 bits per heavy atom. The summed E-state index contributed by atoms with van der Waals surface area (Å²) in [4.78, 5) is 39.8. The van der Waals surface area contributed by atoms with Crippen LogP contribution in [0.4, 0.5) is 11.6 Å². The molecule has 0 radical (unpaired) electrons. The Balaban J connectivity index is 1.81.